The van der Waals surface area contributed by atoms with Crippen LogP contribution in [0, 0.1) is 6.92 Å². The van der Waals surface area contributed by atoms with Crippen LogP contribution in [0.15, 0.2) is 18.2 Å². The molecule has 0 aliphatic carbocycles. The summed E-state index contributed by atoms with van der Waals surface area (Å²) < 4.78 is 0. The normalized spacial score (nSPS) is 10.7. The highest BCUT2D eigenvalue weighted by atomic mass is 35.5. The Bertz CT molecular complexity index is 503. The summed E-state index contributed by atoms with van der Waals surface area (Å²) in [6.45, 7) is 1.96. The Hall–Kier alpha value is -0.770. The summed E-state index contributed by atoms with van der Waals surface area (Å²) >= 11 is 13.4. The van der Waals surface area contributed by atoms with Crippen molar-refractivity contribution in [3.05, 3.63) is 43.7 Å². The van der Waals surface area contributed by atoms with E-state index >= 15 is 0 Å². The third-order valence-corrected chi connectivity index (χ3v) is 3.94. The summed E-state index contributed by atoms with van der Waals surface area (Å²) in [7, 11) is 0. The van der Waals surface area contributed by atoms with Gasteiger partial charge in [-0.1, -0.05) is 29.3 Å². The summed E-state index contributed by atoms with van der Waals surface area (Å²) in [6.07, 6.45) is 0.736. The lowest BCUT2D eigenvalue weighted by atomic mass is 10.2. The molecular weight excluding hydrogens is 263 g/mol. The lowest BCUT2D eigenvalue weighted by Gasteiger charge is -2.00. The van der Waals surface area contributed by atoms with Gasteiger partial charge in [0.1, 0.15) is 5.82 Å². The van der Waals surface area contributed by atoms with Gasteiger partial charge in [0.2, 0.25) is 0 Å². The van der Waals surface area contributed by atoms with Crippen LogP contribution in [0.3, 0.4) is 0 Å². The van der Waals surface area contributed by atoms with Crippen molar-refractivity contribution in [2.75, 3.05) is 5.73 Å². The van der Waals surface area contributed by atoms with E-state index in [2.05, 4.69) is 4.98 Å². The number of nitrogens with two attached hydrogens (primary N) is 1. The monoisotopic (exact) mass is 272 g/mol. The second kappa shape index (κ2) is 4.62. The first-order valence-corrected chi connectivity index (χ1v) is 6.29. The Morgan fingerprint density at radius 3 is 2.62 bits per heavy atom. The maximum atomic E-state index is 5.94. The molecule has 2 nitrogen and oxygen atoms in total. The quantitative estimate of drug-likeness (QED) is 0.900. The van der Waals surface area contributed by atoms with E-state index in [4.69, 9.17) is 28.9 Å². The molecule has 5 heteroatoms. The molecular formula is C11H10Cl2N2S. The number of nitrogen functional groups attached to an aromatic ring is 1. The third kappa shape index (κ3) is 2.48. The van der Waals surface area contributed by atoms with E-state index < -0.39 is 0 Å². The fourth-order valence-electron chi connectivity index (χ4n) is 1.36. The van der Waals surface area contributed by atoms with Crippen LogP contribution < -0.4 is 5.73 Å². The van der Waals surface area contributed by atoms with Crippen LogP contribution >= 0.6 is 34.5 Å². The molecule has 0 atom stereocenters. The summed E-state index contributed by atoms with van der Waals surface area (Å²) in [5.74, 6) is 0.611. The van der Waals surface area contributed by atoms with Gasteiger partial charge >= 0.3 is 0 Å². The molecule has 0 aliphatic rings. The number of thiazole rings is 1. The van der Waals surface area contributed by atoms with Gasteiger partial charge in [-0.3, -0.25) is 0 Å². The highest BCUT2D eigenvalue weighted by Crippen LogP contribution is 2.26. The molecule has 0 bridgehead atoms. The van der Waals surface area contributed by atoms with Crippen molar-refractivity contribution in [2.45, 2.75) is 13.3 Å². The average Bonchev–Trinajstić information content (AvgIpc) is 2.52. The molecule has 0 fully saturated rings. The number of halogens is 2. The molecule has 1 heterocycles. The van der Waals surface area contributed by atoms with Crippen LogP contribution in [-0.2, 0) is 6.42 Å². The van der Waals surface area contributed by atoms with Gasteiger partial charge in [-0.05, 0) is 24.6 Å². The van der Waals surface area contributed by atoms with E-state index in [9.17, 15) is 0 Å². The molecule has 2 rings (SSSR count). The molecule has 1 aromatic heterocycles. The van der Waals surface area contributed by atoms with Crippen molar-refractivity contribution >= 4 is 40.4 Å². The second-order valence-electron chi connectivity index (χ2n) is 3.47. The second-order valence-corrected chi connectivity index (χ2v) is 5.58. The van der Waals surface area contributed by atoms with Gasteiger partial charge in [0.05, 0.1) is 15.1 Å². The predicted octanol–water partition coefficient (Wildman–Crippen LogP) is 3.93. The van der Waals surface area contributed by atoms with Crippen molar-refractivity contribution in [1.29, 1.82) is 0 Å². The minimum absolute atomic E-state index is 0.570. The molecule has 2 aromatic rings. The zero-order chi connectivity index (χ0) is 11.7. The number of anilines is 1. The fraction of sp³-hybridized carbons (Fsp3) is 0.182. The summed E-state index contributed by atoms with van der Waals surface area (Å²) in [6, 6.07) is 5.60. The van der Waals surface area contributed by atoms with Crippen LogP contribution in [0.25, 0.3) is 0 Å². The molecule has 0 unspecified atom stereocenters. The summed E-state index contributed by atoms with van der Waals surface area (Å²) in [5.41, 5.74) is 6.79. The molecule has 0 spiro atoms. The van der Waals surface area contributed by atoms with E-state index in [0.29, 0.717) is 15.9 Å². The molecule has 0 radical (unpaired) electrons. The molecule has 0 saturated heterocycles. The maximum Gasteiger partial charge on any atom is 0.137 e. The van der Waals surface area contributed by atoms with Crippen molar-refractivity contribution in [1.82, 2.24) is 4.98 Å². The molecule has 0 amide bonds. The number of hydrogen-bond donors (Lipinski definition) is 1. The molecule has 2 N–H and O–H groups in total. The minimum atomic E-state index is 0.570. The molecule has 0 saturated carbocycles. The highest BCUT2D eigenvalue weighted by Gasteiger charge is 2.06. The predicted molar refractivity (Wildman–Crippen MR) is 70.5 cm³/mol. The van der Waals surface area contributed by atoms with E-state index in [-0.39, 0.29) is 0 Å². The average molecular weight is 273 g/mol. The van der Waals surface area contributed by atoms with Crippen LogP contribution in [0.1, 0.15) is 15.4 Å². The summed E-state index contributed by atoms with van der Waals surface area (Å²) in [5, 5.41) is 2.13. The number of aromatic nitrogens is 1. The minimum Gasteiger partial charge on any atom is -0.383 e. The first kappa shape index (κ1) is 11.7. The summed E-state index contributed by atoms with van der Waals surface area (Å²) in [4.78, 5) is 5.33. The SMILES string of the molecule is Cc1sc(Cc2ccc(Cl)c(Cl)c2)nc1N. The maximum absolute atomic E-state index is 5.94. The first-order valence-electron chi connectivity index (χ1n) is 4.72. The molecule has 0 aliphatic heterocycles. The Morgan fingerprint density at radius 1 is 1.31 bits per heavy atom. The number of hydrogen-bond acceptors (Lipinski definition) is 3. The first-order chi connectivity index (χ1) is 7.56. The van der Waals surface area contributed by atoms with Crippen molar-refractivity contribution in [2.24, 2.45) is 0 Å². The third-order valence-electron chi connectivity index (χ3n) is 2.22. The Kier molecular flexibility index (Phi) is 3.38. The van der Waals surface area contributed by atoms with Gasteiger partial charge in [0.25, 0.3) is 0 Å². The van der Waals surface area contributed by atoms with Gasteiger partial charge in [-0.15, -0.1) is 11.3 Å². The Labute approximate surface area is 108 Å². The highest BCUT2D eigenvalue weighted by molar-refractivity contribution is 7.12. The standard InChI is InChI=1S/C11H10Cl2N2S/c1-6-11(14)15-10(16-6)5-7-2-3-8(12)9(13)4-7/h2-4H,5,14H2,1H3. The van der Waals surface area contributed by atoms with E-state index in [1.54, 1.807) is 17.4 Å². The van der Waals surface area contributed by atoms with E-state index in [1.807, 2.05) is 19.1 Å². The van der Waals surface area contributed by atoms with Crippen molar-refractivity contribution < 1.29 is 0 Å². The van der Waals surface area contributed by atoms with Gasteiger partial charge in [0.15, 0.2) is 0 Å². The molecule has 16 heavy (non-hydrogen) atoms. The number of nitrogens with zero attached hydrogens (tertiary/aromatic N) is 1. The van der Waals surface area contributed by atoms with Crippen LogP contribution in [0.2, 0.25) is 10.0 Å². The van der Waals surface area contributed by atoms with Gasteiger partial charge in [-0.25, -0.2) is 4.98 Å². The number of aryl methyl sites for hydroxylation is 1. The topological polar surface area (TPSA) is 38.9 Å². The van der Waals surface area contributed by atoms with Gasteiger partial charge in [-0.2, -0.15) is 0 Å². The smallest absolute Gasteiger partial charge is 0.137 e. The van der Waals surface area contributed by atoms with Crippen molar-refractivity contribution in [3.63, 3.8) is 0 Å². The largest absolute Gasteiger partial charge is 0.383 e. The van der Waals surface area contributed by atoms with E-state index in [1.165, 1.54) is 0 Å². The lowest BCUT2D eigenvalue weighted by Crippen LogP contribution is -1.90. The zero-order valence-electron chi connectivity index (χ0n) is 8.63. The van der Waals surface area contributed by atoms with Crippen LogP contribution in [0.4, 0.5) is 5.82 Å². The van der Waals surface area contributed by atoms with Crippen LogP contribution in [-0.4, -0.2) is 4.98 Å². The van der Waals surface area contributed by atoms with Gasteiger partial charge < -0.3 is 5.73 Å². The van der Waals surface area contributed by atoms with Crippen molar-refractivity contribution in [3.8, 4) is 0 Å². The lowest BCUT2D eigenvalue weighted by molar-refractivity contribution is 1.14. The fourth-order valence-corrected chi connectivity index (χ4v) is 2.57. The Balaban J connectivity index is 2.23. The zero-order valence-corrected chi connectivity index (χ0v) is 11.0. The van der Waals surface area contributed by atoms with E-state index in [0.717, 1.165) is 21.9 Å². The van der Waals surface area contributed by atoms with Crippen LogP contribution in [0.5, 0.6) is 0 Å². The molecule has 84 valence electrons. The number of benzene rings is 1. The Morgan fingerprint density at radius 2 is 2.06 bits per heavy atom. The molecule has 1 aromatic carbocycles. The number of rotatable bonds is 2. The van der Waals surface area contributed by atoms with Gasteiger partial charge in [0, 0.05) is 11.3 Å².